The number of carbonyl (C=O) groups is 3. The van der Waals surface area contributed by atoms with Crippen molar-refractivity contribution >= 4 is 17.9 Å². The Kier molecular flexibility index (Phi) is 67.6. The number of rotatable bonds is 67. The summed E-state index contributed by atoms with van der Waals surface area (Å²) in [4.78, 5) is 38.4. The fourth-order valence-corrected chi connectivity index (χ4v) is 10.9. The Morgan fingerprint density at radius 1 is 0.247 bits per heavy atom. The minimum absolute atomic E-state index is 0.0720. The molecule has 0 aliphatic carbocycles. The van der Waals surface area contributed by atoms with Crippen molar-refractivity contribution in [1.82, 2.24) is 0 Å². The summed E-state index contributed by atoms with van der Waals surface area (Å²) in [7, 11) is 0. The highest BCUT2D eigenvalue weighted by atomic mass is 16.6. The molecule has 6 nitrogen and oxygen atoms in total. The van der Waals surface area contributed by atoms with E-state index in [1.807, 2.05) is 0 Å². The lowest BCUT2D eigenvalue weighted by molar-refractivity contribution is -0.167. The maximum atomic E-state index is 12.9. The Morgan fingerprint density at radius 3 is 0.704 bits per heavy atom. The molecule has 0 saturated carbocycles. The van der Waals surface area contributed by atoms with Crippen LogP contribution in [0.2, 0.25) is 0 Å². The van der Waals surface area contributed by atoms with Crippen LogP contribution in [-0.2, 0) is 28.6 Å². The zero-order chi connectivity index (χ0) is 58.5. The molecule has 6 heteroatoms. The summed E-state index contributed by atoms with van der Waals surface area (Å²) >= 11 is 0. The predicted molar refractivity (Wildman–Crippen MR) is 353 cm³/mol. The van der Waals surface area contributed by atoms with Crippen molar-refractivity contribution in [3.8, 4) is 0 Å². The third kappa shape index (κ3) is 68.0. The van der Waals surface area contributed by atoms with E-state index in [1.165, 1.54) is 270 Å². The topological polar surface area (TPSA) is 78.9 Å². The summed E-state index contributed by atoms with van der Waals surface area (Å²) in [5.41, 5.74) is 0. The first-order chi connectivity index (χ1) is 40.0. The van der Waals surface area contributed by atoms with Gasteiger partial charge in [0.15, 0.2) is 6.10 Å². The van der Waals surface area contributed by atoms with Gasteiger partial charge in [-0.15, -0.1) is 0 Å². The van der Waals surface area contributed by atoms with E-state index in [1.54, 1.807) is 0 Å². The molecule has 0 saturated heterocycles. The predicted octanol–water partition coefficient (Wildman–Crippen LogP) is 24.9. The van der Waals surface area contributed by atoms with E-state index in [0.29, 0.717) is 19.3 Å². The molecule has 474 valence electrons. The van der Waals surface area contributed by atoms with Crippen LogP contribution < -0.4 is 0 Å². The Labute approximate surface area is 505 Å². The van der Waals surface area contributed by atoms with E-state index in [2.05, 4.69) is 69.4 Å². The second-order valence-electron chi connectivity index (χ2n) is 24.5. The van der Waals surface area contributed by atoms with E-state index in [9.17, 15) is 14.4 Å². The van der Waals surface area contributed by atoms with Crippen LogP contribution in [0.1, 0.15) is 393 Å². The number of esters is 3. The van der Waals surface area contributed by atoms with E-state index in [-0.39, 0.29) is 31.1 Å². The van der Waals surface area contributed by atoms with Crippen LogP contribution in [0.25, 0.3) is 0 Å². The van der Waals surface area contributed by atoms with Crippen LogP contribution >= 0.6 is 0 Å². The highest BCUT2D eigenvalue weighted by Gasteiger charge is 2.19. The molecule has 1 unspecified atom stereocenters. The highest BCUT2D eigenvalue weighted by Crippen LogP contribution is 2.18. The lowest BCUT2D eigenvalue weighted by Gasteiger charge is -2.18. The number of hydrogen-bond donors (Lipinski definition) is 0. The van der Waals surface area contributed by atoms with Crippen molar-refractivity contribution in [2.24, 2.45) is 0 Å². The molecule has 0 aromatic heterocycles. The van der Waals surface area contributed by atoms with E-state index in [0.717, 1.165) is 83.5 Å². The highest BCUT2D eigenvalue weighted by molar-refractivity contribution is 5.71. The average molecular weight is 1140 g/mol. The van der Waals surface area contributed by atoms with Gasteiger partial charge in [-0.3, -0.25) is 14.4 Å². The average Bonchev–Trinajstić information content (AvgIpc) is 3.47. The van der Waals surface area contributed by atoms with Crippen LogP contribution in [-0.4, -0.2) is 37.2 Å². The molecule has 0 radical (unpaired) electrons. The molecule has 0 amide bonds. The fraction of sp³-hybridized carbons (Fsp3) is 0.853. The van der Waals surface area contributed by atoms with Gasteiger partial charge in [0.05, 0.1) is 0 Å². The van der Waals surface area contributed by atoms with Crippen LogP contribution in [0, 0.1) is 0 Å². The summed E-state index contributed by atoms with van der Waals surface area (Å²) in [5.74, 6) is -0.858. The molecule has 0 rings (SSSR count). The maximum absolute atomic E-state index is 12.9. The number of allylic oxidation sites excluding steroid dienone is 8. The van der Waals surface area contributed by atoms with E-state index in [4.69, 9.17) is 14.2 Å². The quantitative estimate of drug-likeness (QED) is 0.0261. The Balaban J connectivity index is 4.18. The van der Waals surface area contributed by atoms with Gasteiger partial charge in [-0.1, -0.05) is 339 Å². The smallest absolute Gasteiger partial charge is 0.306 e. The van der Waals surface area contributed by atoms with Gasteiger partial charge in [-0.2, -0.15) is 0 Å². The molecular weight excluding hydrogens is 997 g/mol. The van der Waals surface area contributed by atoms with E-state index < -0.39 is 6.10 Å². The zero-order valence-corrected chi connectivity index (χ0v) is 54.6. The molecule has 0 aromatic rings. The Hall–Kier alpha value is -2.63. The molecule has 0 fully saturated rings. The number of ether oxygens (including phenoxy) is 3. The molecule has 0 N–H and O–H groups in total. The van der Waals surface area contributed by atoms with Crippen molar-refractivity contribution in [3.05, 3.63) is 48.6 Å². The standard InChI is InChI=1S/C75H138O6/c1-4-7-10-13-16-19-22-25-28-30-31-32-33-34-35-36-37-38-39-40-41-42-43-45-47-50-53-56-59-62-65-68-74(77)80-71-72(70-79-73(76)67-64-61-58-55-52-49-46-27-24-21-18-15-12-9-6-3)81-75(78)69-66-63-60-57-54-51-48-44-29-26-23-20-17-14-11-8-5-2/h18,21-22,25,27,30-31,46,72H,4-17,19-20,23-24,26,28-29,32-45,47-71H2,1-3H3/b21-18-,25-22-,31-30-,46-27-. The first kappa shape index (κ1) is 78.4. The zero-order valence-electron chi connectivity index (χ0n) is 54.6. The van der Waals surface area contributed by atoms with Crippen LogP contribution in [0.3, 0.4) is 0 Å². The van der Waals surface area contributed by atoms with Gasteiger partial charge in [-0.05, 0) is 83.5 Å². The molecule has 0 heterocycles. The third-order valence-electron chi connectivity index (χ3n) is 16.3. The van der Waals surface area contributed by atoms with Crippen molar-refractivity contribution in [2.75, 3.05) is 13.2 Å². The summed E-state index contributed by atoms with van der Waals surface area (Å²) in [6.07, 6.45) is 88.6. The van der Waals surface area contributed by atoms with E-state index >= 15 is 0 Å². The number of hydrogen-bond acceptors (Lipinski definition) is 6. The van der Waals surface area contributed by atoms with Gasteiger partial charge in [-0.25, -0.2) is 0 Å². The Bertz CT molecular complexity index is 1400. The van der Waals surface area contributed by atoms with Gasteiger partial charge in [0.2, 0.25) is 0 Å². The summed E-state index contributed by atoms with van der Waals surface area (Å²) in [5, 5.41) is 0. The molecule has 81 heavy (non-hydrogen) atoms. The minimum atomic E-state index is -0.777. The van der Waals surface area contributed by atoms with Gasteiger partial charge < -0.3 is 14.2 Å². The molecule has 0 aliphatic rings. The molecule has 0 aromatic carbocycles. The van der Waals surface area contributed by atoms with Gasteiger partial charge in [0.1, 0.15) is 13.2 Å². The van der Waals surface area contributed by atoms with Crippen molar-refractivity contribution in [3.63, 3.8) is 0 Å². The maximum Gasteiger partial charge on any atom is 0.306 e. The molecule has 1 atom stereocenters. The normalized spacial score (nSPS) is 12.3. The summed E-state index contributed by atoms with van der Waals surface area (Å²) in [6, 6.07) is 0. The second-order valence-corrected chi connectivity index (χ2v) is 24.5. The first-order valence-corrected chi connectivity index (χ1v) is 36.1. The number of carbonyl (C=O) groups excluding carboxylic acids is 3. The van der Waals surface area contributed by atoms with Crippen LogP contribution in [0.15, 0.2) is 48.6 Å². The lowest BCUT2D eigenvalue weighted by atomic mass is 10.0. The molecule has 0 bridgehead atoms. The summed E-state index contributed by atoms with van der Waals surface area (Å²) < 4.78 is 17.0. The fourth-order valence-electron chi connectivity index (χ4n) is 10.9. The van der Waals surface area contributed by atoms with Crippen LogP contribution in [0.4, 0.5) is 0 Å². The van der Waals surface area contributed by atoms with Gasteiger partial charge in [0.25, 0.3) is 0 Å². The second kappa shape index (κ2) is 69.9. The van der Waals surface area contributed by atoms with Gasteiger partial charge in [0, 0.05) is 19.3 Å². The van der Waals surface area contributed by atoms with Gasteiger partial charge >= 0.3 is 17.9 Å². The Morgan fingerprint density at radius 2 is 0.444 bits per heavy atom. The van der Waals surface area contributed by atoms with Crippen LogP contribution in [0.5, 0.6) is 0 Å². The molecular formula is C75H138O6. The lowest BCUT2D eigenvalue weighted by Crippen LogP contribution is -2.30. The summed E-state index contributed by atoms with van der Waals surface area (Å²) in [6.45, 7) is 6.66. The molecule has 0 spiro atoms. The first-order valence-electron chi connectivity index (χ1n) is 36.1. The van der Waals surface area contributed by atoms with Crippen molar-refractivity contribution in [2.45, 2.75) is 399 Å². The third-order valence-corrected chi connectivity index (χ3v) is 16.3. The number of unbranched alkanes of at least 4 members (excludes halogenated alkanes) is 48. The van der Waals surface area contributed by atoms with Crippen molar-refractivity contribution in [1.29, 1.82) is 0 Å². The SMILES string of the molecule is CCCCC/C=C\C/C=C\CCCCCCCC(=O)OCC(COC(=O)CCCCCCCCCCCCCCCCCCCCC/C=C\C/C=C\CCCCCCC)OC(=O)CCCCCCCCCCCCCCCCCCC. The monoisotopic (exact) mass is 1140 g/mol. The van der Waals surface area contributed by atoms with Crippen molar-refractivity contribution < 1.29 is 28.6 Å². The minimum Gasteiger partial charge on any atom is -0.462 e. The molecule has 0 aliphatic heterocycles. The largest absolute Gasteiger partial charge is 0.462 e.